The molecule has 0 atom stereocenters. The van der Waals surface area contributed by atoms with E-state index in [1.165, 1.54) is 28.6 Å². The van der Waals surface area contributed by atoms with Gasteiger partial charge in [-0.3, -0.25) is 4.72 Å². The van der Waals surface area contributed by atoms with Crippen molar-refractivity contribution in [2.24, 2.45) is 0 Å². The number of anilines is 1. The topological polar surface area (TPSA) is 83.6 Å². The summed E-state index contributed by atoms with van der Waals surface area (Å²) in [5.74, 6) is -0.550. The summed E-state index contributed by atoms with van der Waals surface area (Å²) in [5, 5.41) is 0. The molecule has 0 fully saturated rings. The van der Waals surface area contributed by atoms with Gasteiger partial charge in [0.15, 0.2) is 0 Å². The van der Waals surface area contributed by atoms with E-state index in [1.54, 1.807) is 13.8 Å². The summed E-state index contributed by atoms with van der Waals surface area (Å²) in [6.45, 7) is 4.07. The van der Waals surface area contributed by atoms with Crippen molar-refractivity contribution in [2.75, 3.05) is 17.8 Å². The van der Waals surface area contributed by atoms with Gasteiger partial charge in [0.1, 0.15) is 5.82 Å². The van der Waals surface area contributed by atoms with Gasteiger partial charge in [-0.15, -0.1) is 0 Å². The molecule has 0 radical (unpaired) electrons. The highest BCUT2D eigenvalue weighted by Crippen LogP contribution is 2.22. The zero-order chi connectivity index (χ0) is 18.7. The van der Waals surface area contributed by atoms with Gasteiger partial charge in [-0.2, -0.15) is 4.31 Å². The van der Waals surface area contributed by atoms with Crippen molar-refractivity contribution in [1.29, 1.82) is 0 Å². The standard InChI is InChI=1S/C16H19FN2O4S2/c1-3-19(4-2)25(22,23)16-7-5-6-14(12-16)18-24(20,21)15-10-8-13(17)9-11-15/h5-12,18H,3-4H2,1-2H3. The van der Waals surface area contributed by atoms with E-state index in [-0.39, 0.29) is 15.5 Å². The van der Waals surface area contributed by atoms with Crippen molar-refractivity contribution >= 4 is 25.7 Å². The van der Waals surface area contributed by atoms with E-state index in [4.69, 9.17) is 0 Å². The Labute approximate surface area is 147 Å². The highest BCUT2D eigenvalue weighted by molar-refractivity contribution is 7.92. The fourth-order valence-corrected chi connectivity index (χ4v) is 4.81. The SMILES string of the molecule is CCN(CC)S(=O)(=O)c1cccc(NS(=O)(=O)c2ccc(F)cc2)c1. The Bertz CT molecular complexity index is 938. The smallest absolute Gasteiger partial charge is 0.261 e. The third-order valence-corrected chi connectivity index (χ3v) is 7.00. The average Bonchev–Trinajstić information content (AvgIpc) is 2.56. The molecular weight excluding hydrogens is 367 g/mol. The summed E-state index contributed by atoms with van der Waals surface area (Å²) in [5.41, 5.74) is 0.109. The molecule has 0 saturated heterocycles. The van der Waals surface area contributed by atoms with Crippen LogP contribution in [0.15, 0.2) is 58.3 Å². The van der Waals surface area contributed by atoms with Crippen LogP contribution in [0.2, 0.25) is 0 Å². The van der Waals surface area contributed by atoms with Crippen LogP contribution in [0.25, 0.3) is 0 Å². The van der Waals surface area contributed by atoms with Gasteiger partial charge in [0.2, 0.25) is 10.0 Å². The lowest BCUT2D eigenvalue weighted by molar-refractivity contribution is 0.445. The van der Waals surface area contributed by atoms with Crippen LogP contribution in [0.4, 0.5) is 10.1 Å². The van der Waals surface area contributed by atoms with Crippen molar-refractivity contribution in [2.45, 2.75) is 23.6 Å². The number of halogens is 1. The first-order valence-corrected chi connectivity index (χ1v) is 10.5. The van der Waals surface area contributed by atoms with E-state index in [2.05, 4.69) is 4.72 Å². The number of nitrogens with zero attached hydrogens (tertiary/aromatic N) is 1. The number of hydrogen-bond acceptors (Lipinski definition) is 4. The van der Waals surface area contributed by atoms with Crippen LogP contribution in [-0.2, 0) is 20.0 Å². The van der Waals surface area contributed by atoms with Gasteiger partial charge in [-0.1, -0.05) is 19.9 Å². The van der Waals surface area contributed by atoms with Crippen molar-refractivity contribution in [3.05, 3.63) is 54.3 Å². The Morgan fingerprint density at radius 1 is 0.920 bits per heavy atom. The minimum absolute atomic E-state index is 0.00416. The van der Waals surface area contributed by atoms with E-state index in [9.17, 15) is 21.2 Å². The van der Waals surface area contributed by atoms with E-state index >= 15 is 0 Å². The third-order valence-electron chi connectivity index (χ3n) is 3.55. The van der Waals surface area contributed by atoms with Crippen LogP contribution in [0.3, 0.4) is 0 Å². The van der Waals surface area contributed by atoms with Gasteiger partial charge in [0.05, 0.1) is 15.5 Å². The zero-order valence-electron chi connectivity index (χ0n) is 13.8. The normalized spacial score (nSPS) is 12.3. The highest BCUT2D eigenvalue weighted by atomic mass is 32.2. The van der Waals surface area contributed by atoms with Crippen molar-refractivity contribution in [1.82, 2.24) is 4.31 Å². The lowest BCUT2D eigenvalue weighted by Gasteiger charge is -2.19. The van der Waals surface area contributed by atoms with Crippen molar-refractivity contribution in [3.8, 4) is 0 Å². The second-order valence-electron chi connectivity index (χ2n) is 5.18. The summed E-state index contributed by atoms with van der Waals surface area (Å²) >= 11 is 0. The molecule has 0 spiro atoms. The monoisotopic (exact) mass is 386 g/mol. The molecule has 0 aromatic heterocycles. The molecule has 0 heterocycles. The van der Waals surface area contributed by atoms with Crippen molar-refractivity contribution < 1.29 is 21.2 Å². The molecule has 2 aromatic rings. The first kappa shape index (κ1) is 19.4. The van der Waals surface area contributed by atoms with Gasteiger partial charge in [-0.25, -0.2) is 21.2 Å². The highest BCUT2D eigenvalue weighted by Gasteiger charge is 2.22. The minimum atomic E-state index is -3.95. The predicted octanol–water partition coefficient (Wildman–Crippen LogP) is 2.66. The second-order valence-corrected chi connectivity index (χ2v) is 8.80. The van der Waals surface area contributed by atoms with E-state index < -0.39 is 25.9 Å². The molecule has 0 unspecified atom stereocenters. The molecule has 6 nitrogen and oxygen atoms in total. The molecule has 136 valence electrons. The van der Waals surface area contributed by atoms with Gasteiger partial charge in [-0.05, 0) is 42.5 Å². The molecule has 0 saturated carbocycles. The molecule has 25 heavy (non-hydrogen) atoms. The maximum absolute atomic E-state index is 12.9. The Kier molecular flexibility index (Phi) is 5.81. The van der Waals surface area contributed by atoms with Gasteiger partial charge >= 0.3 is 0 Å². The number of benzene rings is 2. The molecule has 0 aliphatic heterocycles. The van der Waals surface area contributed by atoms with E-state index in [0.717, 1.165) is 24.3 Å². The van der Waals surface area contributed by atoms with Crippen LogP contribution in [-0.4, -0.2) is 34.2 Å². The predicted molar refractivity (Wildman–Crippen MR) is 93.8 cm³/mol. The van der Waals surface area contributed by atoms with Gasteiger partial charge in [0, 0.05) is 13.1 Å². The Hall–Kier alpha value is -1.97. The molecule has 9 heteroatoms. The van der Waals surface area contributed by atoms with E-state index in [1.807, 2.05) is 0 Å². The molecular formula is C16H19FN2O4S2. The van der Waals surface area contributed by atoms with Gasteiger partial charge < -0.3 is 0 Å². The average molecular weight is 386 g/mol. The number of rotatable bonds is 7. The van der Waals surface area contributed by atoms with Crippen LogP contribution in [0.1, 0.15) is 13.8 Å². The van der Waals surface area contributed by atoms with Crippen LogP contribution in [0.5, 0.6) is 0 Å². The van der Waals surface area contributed by atoms with Crippen molar-refractivity contribution in [3.63, 3.8) is 0 Å². The third kappa shape index (κ3) is 4.36. The van der Waals surface area contributed by atoms with Gasteiger partial charge in [0.25, 0.3) is 10.0 Å². The largest absolute Gasteiger partial charge is 0.280 e. The number of hydrogen-bond donors (Lipinski definition) is 1. The van der Waals surface area contributed by atoms with E-state index in [0.29, 0.717) is 13.1 Å². The lowest BCUT2D eigenvalue weighted by Crippen LogP contribution is -2.30. The summed E-state index contributed by atoms with van der Waals surface area (Å²) < 4.78 is 66.2. The first-order chi connectivity index (χ1) is 11.7. The van der Waals surface area contributed by atoms with Crippen LogP contribution >= 0.6 is 0 Å². The van der Waals surface area contributed by atoms with Crippen LogP contribution < -0.4 is 4.72 Å². The number of nitrogens with one attached hydrogen (secondary N) is 1. The van der Waals surface area contributed by atoms with Crippen LogP contribution in [0, 0.1) is 5.82 Å². The fourth-order valence-electron chi connectivity index (χ4n) is 2.26. The maximum Gasteiger partial charge on any atom is 0.261 e. The molecule has 0 bridgehead atoms. The molecule has 0 aliphatic rings. The summed E-state index contributed by atoms with van der Waals surface area (Å²) in [6, 6.07) is 9.91. The molecule has 2 rings (SSSR count). The summed E-state index contributed by atoms with van der Waals surface area (Å²) in [6.07, 6.45) is 0. The minimum Gasteiger partial charge on any atom is -0.280 e. The summed E-state index contributed by atoms with van der Waals surface area (Å²) in [4.78, 5) is -0.124. The zero-order valence-corrected chi connectivity index (χ0v) is 15.4. The lowest BCUT2D eigenvalue weighted by atomic mass is 10.3. The Balaban J connectivity index is 2.35. The first-order valence-electron chi connectivity index (χ1n) is 7.59. The second kappa shape index (κ2) is 7.51. The quantitative estimate of drug-likeness (QED) is 0.793. The maximum atomic E-state index is 12.9. The number of sulfonamides is 2. The fraction of sp³-hybridized carbons (Fsp3) is 0.250. The molecule has 0 amide bonds. The Morgan fingerprint density at radius 3 is 2.08 bits per heavy atom. The Morgan fingerprint density at radius 2 is 1.52 bits per heavy atom. The molecule has 2 aromatic carbocycles. The summed E-state index contributed by atoms with van der Waals surface area (Å²) in [7, 11) is -7.65. The molecule has 0 aliphatic carbocycles. The molecule has 1 N–H and O–H groups in total.